The van der Waals surface area contributed by atoms with Crippen LogP contribution in [0.15, 0.2) is 36.5 Å². The number of thiazole rings is 1. The highest BCUT2D eigenvalue weighted by molar-refractivity contribution is 7.21. The van der Waals surface area contributed by atoms with Gasteiger partial charge < -0.3 is 26.0 Å². The molecule has 1 aliphatic rings. The predicted octanol–water partition coefficient (Wildman–Crippen LogP) is 4.02. The van der Waals surface area contributed by atoms with Gasteiger partial charge in [0.05, 0.1) is 39.8 Å². The standard InChI is InChI=1S/C28H34N6O3S/c1-5-19-23-21(10-11-29-19)38-27(33-23)22-16(4)31-28(30-15(3)17-8-6-14(2)7-9-17)34-26(22)32-20-12-18(13-35)24(36)25(20)37/h6-11,15,18,20,24-25,35-37H,5,12-13H2,1-4H3,(H2,30,31,32,34)/t15-,18-,20-,24-,25+/m1/s1. The molecule has 0 amide bonds. The van der Waals surface area contributed by atoms with Crippen LogP contribution in [0.25, 0.3) is 20.8 Å². The van der Waals surface area contributed by atoms with Crippen LogP contribution in [0, 0.1) is 19.8 Å². The van der Waals surface area contributed by atoms with Crippen LogP contribution in [0.3, 0.4) is 0 Å². The molecular formula is C28H34N6O3S. The normalized spacial score (nSPS) is 22.1. The zero-order valence-corrected chi connectivity index (χ0v) is 22.8. The van der Waals surface area contributed by atoms with Gasteiger partial charge in [-0.25, -0.2) is 9.97 Å². The Labute approximate surface area is 226 Å². The van der Waals surface area contributed by atoms with Crippen LogP contribution < -0.4 is 10.6 Å². The van der Waals surface area contributed by atoms with Gasteiger partial charge in [-0.15, -0.1) is 11.3 Å². The van der Waals surface area contributed by atoms with Gasteiger partial charge in [0, 0.05) is 18.7 Å². The van der Waals surface area contributed by atoms with Crippen molar-refractivity contribution in [3.8, 4) is 10.6 Å². The topological polar surface area (TPSA) is 136 Å². The summed E-state index contributed by atoms with van der Waals surface area (Å²) in [5, 5.41) is 38.3. The average Bonchev–Trinajstić information content (AvgIpc) is 3.45. The zero-order chi connectivity index (χ0) is 27.0. The Bertz CT molecular complexity index is 1430. The Morgan fingerprint density at radius 2 is 1.82 bits per heavy atom. The van der Waals surface area contributed by atoms with Crippen LogP contribution >= 0.6 is 11.3 Å². The Kier molecular flexibility index (Phi) is 7.58. The lowest BCUT2D eigenvalue weighted by Gasteiger charge is -2.22. The summed E-state index contributed by atoms with van der Waals surface area (Å²) in [6.45, 7) is 7.90. The van der Waals surface area contributed by atoms with E-state index in [0.717, 1.165) is 44.2 Å². The van der Waals surface area contributed by atoms with E-state index in [1.54, 1.807) is 17.5 Å². The highest BCUT2D eigenvalue weighted by Gasteiger charge is 2.41. The smallest absolute Gasteiger partial charge is 0.225 e. The molecule has 200 valence electrons. The molecule has 3 heterocycles. The molecule has 0 aliphatic heterocycles. The number of nitrogens with one attached hydrogen (secondary N) is 2. The molecule has 1 fully saturated rings. The predicted molar refractivity (Wildman–Crippen MR) is 150 cm³/mol. The Hall–Kier alpha value is -3.18. The lowest BCUT2D eigenvalue weighted by molar-refractivity contribution is 0.00446. The number of nitrogens with zero attached hydrogens (tertiary/aromatic N) is 4. The second-order valence-electron chi connectivity index (χ2n) is 10.0. The van der Waals surface area contributed by atoms with Gasteiger partial charge in [0.25, 0.3) is 0 Å². The summed E-state index contributed by atoms with van der Waals surface area (Å²) in [7, 11) is 0. The number of rotatable bonds is 8. The molecule has 0 saturated heterocycles. The zero-order valence-electron chi connectivity index (χ0n) is 22.0. The third-order valence-electron chi connectivity index (χ3n) is 7.30. The maximum atomic E-state index is 10.7. The van der Waals surface area contributed by atoms with Crippen LogP contribution in [0.5, 0.6) is 0 Å². The third-order valence-corrected chi connectivity index (χ3v) is 8.34. The number of aliphatic hydroxyl groups is 3. The van der Waals surface area contributed by atoms with Gasteiger partial charge in [-0.05, 0) is 45.2 Å². The second kappa shape index (κ2) is 10.9. The van der Waals surface area contributed by atoms with Crippen molar-refractivity contribution in [3.63, 3.8) is 0 Å². The van der Waals surface area contributed by atoms with Crippen LogP contribution in [-0.4, -0.2) is 60.1 Å². The molecule has 38 heavy (non-hydrogen) atoms. The van der Waals surface area contributed by atoms with Gasteiger partial charge in [0.2, 0.25) is 5.95 Å². The summed E-state index contributed by atoms with van der Waals surface area (Å²) < 4.78 is 1.03. The van der Waals surface area contributed by atoms with E-state index in [1.807, 2.05) is 13.0 Å². The summed E-state index contributed by atoms with van der Waals surface area (Å²) in [4.78, 5) is 19.0. The maximum Gasteiger partial charge on any atom is 0.225 e. The number of hydrogen-bond donors (Lipinski definition) is 5. The van der Waals surface area contributed by atoms with Gasteiger partial charge in [-0.1, -0.05) is 36.8 Å². The molecule has 9 nitrogen and oxygen atoms in total. The molecule has 5 rings (SSSR count). The molecule has 0 unspecified atom stereocenters. The van der Waals surface area contributed by atoms with E-state index in [9.17, 15) is 15.3 Å². The molecule has 4 aromatic rings. The number of aromatic nitrogens is 4. The fraction of sp³-hybridized carbons (Fsp3) is 0.429. The summed E-state index contributed by atoms with van der Waals surface area (Å²) in [5.74, 6) is 0.565. The lowest BCUT2D eigenvalue weighted by atomic mass is 10.1. The number of aryl methyl sites for hydroxylation is 3. The van der Waals surface area contributed by atoms with Crippen molar-refractivity contribution < 1.29 is 15.3 Å². The van der Waals surface area contributed by atoms with Crippen LogP contribution in [0.2, 0.25) is 0 Å². The van der Waals surface area contributed by atoms with Crippen molar-refractivity contribution in [1.82, 2.24) is 19.9 Å². The van der Waals surface area contributed by atoms with Crippen molar-refractivity contribution in [2.24, 2.45) is 5.92 Å². The first-order valence-corrected chi connectivity index (χ1v) is 13.8. The molecule has 1 aliphatic carbocycles. The second-order valence-corrected chi connectivity index (χ2v) is 11.1. The van der Waals surface area contributed by atoms with E-state index in [-0.39, 0.29) is 12.6 Å². The molecule has 0 bridgehead atoms. The number of pyridine rings is 1. The van der Waals surface area contributed by atoms with Crippen molar-refractivity contribution in [2.75, 3.05) is 17.2 Å². The molecule has 1 aromatic carbocycles. The summed E-state index contributed by atoms with van der Waals surface area (Å²) in [6.07, 6.45) is 0.938. The monoisotopic (exact) mass is 534 g/mol. The minimum atomic E-state index is -1.04. The highest BCUT2D eigenvalue weighted by atomic mass is 32.1. The van der Waals surface area contributed by atoms with Crippen LogP contribution in [0.1, 0.15) is 48.8 Å². The first kappa shape index (κ1) is 26.4. The fourth-order valence-electron chi connectivity index (χ4n) is 5.03. The number of fused-ring (bicyclic) bond motifs is 1. The third kappa shape index (κ3) is 5.09. The van der Waals surface area contributed by atoms with Crippen molar-refractivity contribution in [3.05, 3.63) is 59.0 Å². The minimum Gasteiger partial charge on any atom is -0.396 e. The largest absolute Gasteiger partial charge is 0.396 e. The van der Waals surface area contributed by atoms with E-state index >= 15 is 0 Å². The summed E-state index contributed by atoms with van der Waals surface area (Å²) in [6, 6.07) is 9.75. The first-order chi connectivity index (χ1) is 18.3. The van der Waals surface area contributed by atoms with Gasteiger partial charge in [0.15, 0.2) is 0 Å². The van der Waals surface area contributed by atoms with E-state index in [4.69, 9.17) is 15.0 Å². The quantitative estimate of drug-likeness (QED) is 0.227. The van der Waals surface area contributed by atoms with E-state index in [0.29, 0.717) is 18.2 Å². The lowest BCUT2D eigenvalue weighted by Crippen LogP contribution is -2.35. The summed E-state index contributed by atoms with van der Waals surface area (Å²) >= 11 is 1.55. The molecule has 3 aromatic heterocycles. The maximum absolute atomic E-state index is 10.7. The van der Waals surface area contributed by atoms with Crippen molar-refractivity contribution in [2.45, 2.75) is 64.8 Å². The highest BCUT2D eigenvalue weighted by Crippen LogP contribution is 2.39. The molecule has 0 radical (unpaired) electrons. The average molecular weight is 535 g/mol. The molecule has 10 heteroatoms. The SMILES string of the molecule is CCc1nccc2sc(-c3c(C)nc(N[C@H](C)c4ccc(C)cc4)nc3N[C@@H]3C[C@H](CO)[C@@H](O)[C@H]3O)nc12. The number of hydrogen-bond acceptors (Lipinski definition) is 10. The summed E-state index contributed by atoms with van der Waals surface area (Å²) in [5.41, 5.74) is 5.59. The fourth-order valence-corrected chi connectivity index (χ4v) is 6.11. The van der Waals surface area contributed by atoms with Crippen LogP contribution in [-0.2, 0) is 6.42 Å². The van der Waals surface area contributed by atoms with E-state index < -0.39 is 24.2 Å². The van der Waals surface area contributed by atoms with Crippen molar-refractivity contribution >= 4 is 33.3 Å². The van der Waals surface area contributed by atoms with E-state index in [2.05, 4.69) is 60.7 Å². The first-order valence-electron chi connectivity index (χ1n) is 13.0. The van der Waals surface area contributed by atoms with Crippen molar-refractivity contribution in [1.29, 1.82) is 0 Å². The van der Waals surface area contributed by atoms with Gasteiger partial charge >= 0.3 is 0 Å². The Morgan fingerprint density at radius 3 is 2.50 bits per heavy atom. The number of benzene rings is 1. The van der Waals surface area contributed by atoms with E-state index in [1.165, 1.54) is 5.56 Å². The van der Waals surface area contributed by atoms with Crippen LogP contribution in [0.4, 0.5) is 11.8 Å². The van der Waals surface area contributed by atoms with Gasteiger partial charge in [-0.2, -0.15) is 4.98 Å². The minimum absolute atomic E-state index is 0.0352. The molecule has 1 saturated carbocycles. The molecular weight excluding hydrogens is 500 g/mol. The molecule has 5 atom stereocenters. The number of anilines is 2. The Balaban J connectivity index is 1.55. The Morgan fingerprint density at radius 1 is 1.05 bits per heavy atom. The number of aliphatic hydroxyl groups excluding tert-OH is 3. The van der Waals surface area contributed by atoms with Gasteiger partial charge in [0.1, 0.15) is 22.4 Å². The van der Waals surface area contributed by atoms with Gasteiger partial charge in [-0.3, -0.25) is 4.98 Å². The molecule has 0 spiro atoms. The molecule has 5 N–H and O–H groups in total.